The summed E-state index contributed by atoms with van der Waals surface area (Å²) < 4.78 is 0. The van der Waals surface area contributed by atoms with E-state index in [2.05, 4.69) is 18.7 Å². The van der Waals surface area contributed by atoms with Crippen LogP contribution in [0, 0.1) is 5.41 Å². The number of carboxylic acids is 1. The Labute approximate surface area is 98.8 Å². The van der Waals surface area contributed by atoms with Gasteiger partial charge >= 0.3 is 5.97 Å². The van der Waals surface area contributed by atoms with Crippen LogP contribution in [0.25, 0.3) is 0 Å². The van der Waals surface area contributed by atoms with Crippen molar-refractivity contribution < 1.29 is 9.90 Å². The molecule has 1 aliphatic rings. The van der Waals surface area contributed by atoms with Crippen LogP contribution in [0.15, 0.2) is 0 Å². The number of rotatable bonds is 8. The predicted molar refractivity (Wildman–Crippen MR) is 65.6 cm³/mol. The molecule has 0 radical (unpaired) electrons. The number of unbranched alkanes of at least 4 members (excludes halogenated alkanes) is 2. The van der Waals surface area contributed by atoms with E-state index in [0.29, 0.717) is 11.8 Å². The van der Waals surface area contributed by atoms with E-state index in [9.17, 15) is 4.79 Å². The Kier molecular flexibility index (Phi) is 5.26. The van der Waals surface area contributed by atoms with Crippen molar-refractivity contribution in [2.75, 3.05) is 19.6 Å². The maximum absolute atomic E-state index is 10.3. The smallest absolute Gasteiger partial charge is 0.303 e. The maximum atomic E-state index is 10.3. The molecule has 94 valence electrons. The summed E-state index contributed by atoms with van der Waals surface area (Å²) in [7, 11) is 0. The molecule has 0 amide bonds. The van der Waals surface area contributed by atoms with Crippen molar-refractivity contribution in [1.82, 2.24) is 4.90 Å². The average Bonchev–Trinajstić information content (AvgIpc) is 2.20. The van der Waals surface area contributed by atoms with Gasteiger partial charge in [0.15, 0.2) is 0 Å². The number of aliphatic carboxylic acids is 1. The first-order valence-corrected chi connectivity index (χ1v) is 6.56. The zero-order chi connectivity index (χ0) is 12.0. The normalized spacial score (nSPS) is 19.4. The lowest BCUT2D eigenvalue weighted by Gasteiger charge is -2.50. The summed E-state index contributed by atoms with van der Waals surface area (Å²) in [5.41, 5.74) is 0.598. The molecule has 0 aromatic carbocycles. The van der Waals surface area contributed by atoms with Gasteiger partial charge in [-0.3, -0.25) is 4.79 Å². The molecule has 1 rings (SSSR count). The quantitative estimate of drug-likeness (QED) is 0.648. The van der Waals surface area contributed by atoms with E-state index in [1.807, 2.05) is 0 Å². The van der Waals surface area contributed by atoms with E-state index >= 15 is 0 Å². The Morgan fingerprint density at radius 2 is 1.81 bits per heavy atom. The fraction of sp³-hybridized carbons (Fsp3) is 0.923. The molecule has 0 unspecified atom stereocenters. The minimum atomic E-state index is -0.667. The number of carboxylic acid groups (broad SMARTS) is 1. The Morgan fingerprint density at radius 3 is 2.31 bits per heavy atom. The van der Waals surface area contributed by atoms with Crippen molar-refractivity contribution in [3.8, 4) is 0 Å². The van der Waals surface area contributed by atoms with Crippen molar-refractivity contribution in [1.29, 1.82) is 0 Å². The highest BCUT2D eigenvalue weighted by Gasteiger charge is 2.38. The first-order valence-electron chi connectivity index (χ1n) is 6.56. The topological polar surface area (TPSA) is 40.5 Å². The molecular weight excluding hydrogens is 202 g/mol. The second-order valence-corrected chi connectivity index (χ2v) is 5.12. The molecule has 3 heteroatoms. The van der Waals surface area contributed by atoms with Gasteiger partial charge in [0.2, 0.25) is 0 Å². The Bertz CT molecular complexity index is 216. The summed E-state index contributed by atoms with van der Waals surface area (Å²) in [4.78, 5) is 12.8. The third kappa shape index (κ3) is 3.78. The van der Waals surface area contributed by atoms with E-state index < -0.39 is 5.97 Å². The lowest BCUT2D eigenvalue weighted by atomic mass is 9.75. The minimum absolute atomic E-state index is 0.327. The van der Waals surface area contributed by atoms with E-state index in [0.717, 1.165) is 25.8 Å². The number of hydrogen-bond donors (Lipinski definition) is 1. The molecule has 1 N–H and O–H groups in total. The number of likely N-dealkylation sites (tertiary alicyclic amines) is 1. The van der Waals surface area contributed by atoms with Crippen molar-refractivity contribution in [3.63, 3.8) is 0 Å². The molecule has 1 heterocycles. The summed E-state index contributed by atoms with van der Waals surface area (Å²) in [5.74, 6) is -0.667. The largest absolute Gasteiger partial charge is 0.481 e. The molecule has 3 nitrogen and oxygen atoms in total. The molecule has 0 saturated carbocycles. The third-order valence-corrected chi connectivity index (χ3v) is 3.98. The molecule has 0 atom stereocenters. The lowest BCUT2D eigenvalue weighted by molar-refractivity contribution is -0.137. The second kappa shape index (κ2) is 6.24. The van der Waals surface area contributed by atoms with Crippen LogP contribution >= 0.6 is 0 Å². The van der Waals surface area contributed by atoms with Gasteiger partial charge < -0.3 is 10.0 Å². The monoisotopic (exact) mass is 227 g/mol. The van der Waals surface area contributed by atoms with Crippen molar-refractivity contribution in [2.24, 2.45) is 5.41 Å². The van der Waals surface area contributed by atoms with Crippen LogP contribution < -0.4 is 0 Å². The molecule has 1 saturated heterocycles. The molecule has 0 aromatic heterocycles. The van der Waals surface area contributed by atoms with Gasteiger partial charge in [0.25, 0.3) is 0 Å². The number of nitrogens with zero attached hydrogens (tertiary/aromatic N) is 1. The van der Waals surface area contributed by atoms with E-state index in [-0.39, 0.29) is 0 Å². The average molecular weight is 227 g/mol. The van der Waals surface area contributed by atoms with Gasteiger partial charge in [-0.25, -0.2) is 0 Å². The SMILES string of the molecule is CCC1(CC)CN(CCCCCC(=O)O)C1. The predicted octanol–water partition coefficient (Wildman–Crippen LogP) is 2.75. The highest BCUT2D eigenvalue weighted by atomic mass is 16.4. The van der Waals surface area contributed by atoms with E-state index in [1.165, 1.54) is 25.9 Å². The van der Waals surface area contributed by atoms with E-state index in [4.69, 9.17) is 5.11 Å². The van der Waals surface area contributed by atoms with Crippen LogP contribution in [-0.4, -0.2) is 35.6 Å². The van der Waals surface area contributed by atoms with Gasteiger partial charge in [0.1, 0.15) is 0 Å². The summed E-state index contributed by atoms with van der Waals surface area (Å²) in [6.07, 6.45) is 5.94. The van der Waals surface area contributed by atoms with Gasteiger partial charge in [-0.05, 0) is 37.6 Å². The zero-order valence-electron chi connectivity index (χ0n) is 10.7. The summed E-state index contributed by atoms with van der Waals surface area (Å²) >= 11 is 0. The number of hydrogen-bond acceptors (Lipinski definition) is 2. The van der Waals surface area contributed by atoms with E-state index in [1.54, 1.807) is 0 Å². The van der Waals surface area contributed by atoms with Crippen LogP contribution in [-0.2, 0) is 4.79 Å². The van der Waals surface area contributed by atoms with Crippen molar-refractivity contribution in [3.05, 3.63) is 0 Å². The third-order valence-electron chi connectivity index (χ3n) is 3.98. The maximum Gasteiger partial charge on any atom is 0.303 e. The standard InChI is InChI=1S/C13H25NO2/c1-3-13(4-2)10-14(11-13)9-7-5-6-8-12(15)16/h3-11H2,1-2H3,(H,15,16). The zero-order valence-corrected chi connectivity index (χ0v) is 10.7. The molecule has 1 fully saturated rings. The molecule has 0 bridgehead atoms. The Hall–Kier alpha value is -0.570. The molecular formula is C13H25NO2. The summed E-state index contributed by atoms with van der Waals surface area (Å²) in [6.45, 7) is 8.22. The van der Waals surface area contributed by atoms with Crippen LogP contribution in [0.4, 0.5) is 0 Å². The van der Waals surface area contributed by atoms with Crippen LogP contribution in [0.5, 0.6) is 0 Å². The number of carbonyl (C=O) groups is 1. The molecule has 0 spiro atoms. The highest BCUT2D eigenvalue weighted by Crippen LogP contribution is 2.36. The van der Waals surface area contributed by atoms with Gasteiger partial charge in [-0.2, -0.15) is 0 Å². The van der Waals surface area contributed by atoms with Crippen LogP contribution in [0.2, 0.25) is 0 Å². The summed E-state index contributed by atoms with van der Waals surface area (Å²) in [6, 6.07) is 0. The fourth-order valence-corrected chi connectivity index (χ4v) is 2.55. The Balaban J connectivity index is 1.99. The van der Waals surface area contributed by atoms with Crippen LogP contribution in [0.1, 0.15) is 52.4 Å². The van der Waals surface area contributed by atoms with Crippen molar-refractivity contribution in [2.45, 2.75) is 52.4 Å². The van der Waals surface area contributed by atoms with Gasteiger partial charge in [-0.15, -0.1) is 0 Å². The van der Waals surface area contributed by atoms with Crippen molar-refractivity contribution >= 4 is 5.97 Å². The Morgan fingerprint density at radius 1 is 1.19 bits per heavy atom. The molecule has 16 heavy (non-hydrogen) atoms. The first kappa shape index (κ1) is 13.5. The van der Waals surface area contributed by atoms with Crippen LogP contribution in [0.3, 0.4) is 0 Å². The first-order chi connectivity index (χ1) is 7.62. The van der Waals surface area contributed by atoms with Gasteiger partial charge in [0.05, 0.1) is 0 Å². The minimum Gasteiger partial charge on any atom is -0.481 e. The van der Waals surface area contributed by atoms with Gasteiger partial charge in [-0.1, -0.05) is 20.3 Å². The second-order valence-electron chi connectivity index (χ2n) is 5.12. The summed E-state index contributed by atoms with van der Waals surface area (Å²) in [5, 5.41) is 8.50. The molecule has 0 aliphatic carbocycles. The molecule has 1 aliphatic heterocycles. The van der Waals surface area contributed by atoms with Gasteiger partial charge in [0, 0.05) is 19.5 Å². The lowest BCUT2D eigenvalue weighted by Crippen LogP contribution is -2.55. The molecule has 0 aromatic rings. The highest BCUT2D eigenvalue weighted by molar-refractivity contribution is 5.66. The fourth-order valence-electron chi connectivity index (χ4n) is 2.55.